The van der Waals surface area contributed by atoms with Gasteiger partial charge >= 0.3 is 0 Å². The predicted octanol–water partition coefficient (Wildman–Crippen LogP) is 3.72. The number of nitrogens with zero attached hydrogens (tertiary/aromatic N) is 1. The van der Waals surface area contributed by atoms with Gasteiger partial charge in [0.05, 0.1) is 0 Å². The molecule has 2 heteroatoms. The predicted molar refractivity (Wildman–Crippen MR) is 78.9 cm³/mol. The molecule has 3 unspecified atom stereocenters. The molecule has 0 aromatic heterocycles. The van der Waals surface area contributed by atoms with E-state index in [2.05, 4.69) is 43.1 Å². The summed E-state index contributed by atoms with van der Waals surface area (Å²) in [4.78, 5) is 2.45. The van der Waals surface area contributed by atoms with Crippen LogP contribution in [-0.4, -0.2) is 13.1 Å². The molecule has 1 aromatic carbocycles. The third-order valence-electron chi connectivity index (χ3n) is 4.28. The first-order chi connectivity index (χ1) is 8.58. The highest BCUT2D eigenvalue weighted by Crippen LogP contribution is 2.29. The Balaban J connectivity index is 2.05. The zero-order valence-corrected chi connectivity index (χ0v) is 11.9. The van der Waals surface area contributed by atoms with Crippen LogP contribution in [0.25, 0.3) is 0 Å². The molecule has 1 aromatic rings. The van der Waals surface area contributed by atoms with Crippen LogP contribution in [0.1, 0.15) is 51.1 Å². The summed E-state index contributed by atoms with van der Waals surface area (Å²) in [6.07, 6.45) is 5.42. The number of hydrogen-bond acceptors (Lipinski definition) is 2. The third-order valence-corrected chi connectivity index (χ3v) is 4.28. The largest absolute Gasteiger partial charge is 0.372 e. The zero-order valence-electron chi connectivity index (χ0n) is 11.9. The molecule has 2 rings (SSSR count). The number of nitrogens with two attached hydrogens (primary N) is 1. The molecule has 0 spiro atoms. The minimum Gasteiger partial charge on any atom is -0.372 e. The van der Waals surface area contributed by atoms with Gasteiger partial charge in [-0.15, -0.1) is 0 Å². The van der Waals surface area contributed by atoms with E-state index in [4.69, 9.17) is 5.73 Å². The van der Waals surface area contributed by atoms with E-state index in [-0.39, 0.29) is 6.04 Å². The molecule has 0 amide bonds. The Hall–Kier alpha value is -1.02. The van der Waals surface area contributed by atoms with Crippen LogP contribution in [0.3, 0.4) is 0 Å². The Labute approximate surface area is 111 Å². The molecule has 0 bridgehead atoms. The van der Waals surface area contributed by atoms with E-state index in [1.165, 1.54) is 36.9 Å². The Kier molecular flexibility index (Phi) is 4.28. The average Bonchev–Trinajstić information content (AvgIpc) is 2.38. The lowest BCUT2D eigenvalue weighted by molar-refractivity contribution is 0.336. The average molecular weight is 246 g/mol. The Morgan fingerprint density at radius 3 is 2.44 bits per heavy atom. The summed E-state index contributed by atoms with van der Waals surface area (Å²) in [5, 5.41) is 0. The summed E-state index contributed by atoms with van der Waals surface area (Å²) in [6, 6.07) is 9.55. The smallest absolute Gasteiger partial charge is 0.0366 e. The molecular weight excluding hydrogens is 220 g/mol. The normalized spacial score (nSPS) is 25.8. The highest BCUT2D eigenvalue weighted by Gasteiger charge is 2.22. The van der Waals surface area contributed by atoms with Crippen molar-refractivity contribution in [2.45, 2.75) is 51.6 Å². The van der Waals surface area contributed by atoms with Crippen LogP contribution in [-0.2, 0) is 0 Å². The first-order valence-electron chi connectivity index (χ1n) is 7.16. The Morgan fingerprint density at radius 2 is 1.89 bits per heavy atom. The van der Waals surface area contributed by atoms with Gasteiger partial charge in [0.15, 0.2) is 0 Å². The van der Waals surface area contributed by atoms with Crippen molar-refractivity contribution in [3.05, 3.63) is 29.8 Å². The van der Waals surface area contributed by atoms with Crippen LogP contribution >= 0.6 is 0 Å². The maximum absolute atomic E-state index is 5.89. The maximum Gasteiger partial charge on any atom is 0.0366 e. The lowest BCUT2D eigenvalue weighted by atomic mass is 9.86. The van der Waals surface area contributed by atoms with E-state index >= 15 is 0 Å². The minimum atomic E-state index is 0.124. The second-order valence-electron chi connectivity index (χ2n) is 5.92. The monoisotopic (exact) mass is 246 g/mol. The highest BCUT2D eigenvalue weighted by molar-refractivity contribution is 5.48. The van der Waals surface area contributed by atoms with Crippen molar-refractivity contribution in [1.29, 1.82) is 0 Å². The van der Waals surface area contributed by atoms with E-state index < -0.39 is 0 Å². The van der Waals surface area contributed by atoms with Crippen LogP contribution in [0.5, 0.6) is 0 Å². The fourth-order valence-corrected chi connectivity index (χ4v) is 2.98. The molecule has 2 N–H and O–H groups in total. The quantitative estimate of drug-likeness (QED) is 0.880. The summed E-state index contributed by atoms with van der Waals surface area (Å²) >= 11 is 0. The lowest BCUT2D eigenvalue weighted by Crippen LogP contribution is -2.35. The summed E-state index contributed by atoms with van der Waals surface area (Å²) < 4.78 is 0. The molecular formula is C16H26N2. The SMILES string of the molecule is CC1CCCC(N(C)c2ccc(C(C)N)cc2)C1. The van der Waals surface area contributed by atoms with E-state index in [0.717, 1.165) is 5.92 Å². The standard InChI is InChI=1S/C16H26N2/c1-12-5-4-6-16(11-12)18(3)15-9-7-14(8-10-15)13(2)17/h7-10,12-13,16H,4-6,11,17H2,1-3H3. The van der Waals surface area contributed by atoms with Gasteiger partial charge in [0.2, 0.25) is 0 Å². The summed E-state index contributed by atoms with van der Waals surface area (Å²) in [6.45, 7) is 4.40. The van der Waals surface area contributed by atoms with Crippen molar-refractivity contribution in [2.75, 3.05) is 11.9 Å². The molecule has 1 aliphatic rings. The van der Waals surface area contributed by atoms with Gasteiger partial charge in [-0.25, -0.2) is 0 Å². The summed E-state index contributed by atoms with van der Waals surface area (Å²) in [7, 11) is 2.23. The number of hydrogen-bond donors (Lipinski definition) is 1. The number of benzene rings is 1. The van der Waals surface area contributed by atoms with Crippen molar-refractivity contribution in [3.8, 4) is 0 Å². The molecule has 1 aliphatic carbocycles. The van der Waals surface area contributed by atoms with E-state index in [9.17, 15) is 0 Å². The van der Waals surface area contributed by atoms with Crippen molar-refractivity contribution in [3.63, 3.8) is 0 Å². The van der Waals surface area contributed by atoms with Crippen LogP contribution in [0.4, 0.5) is 5.69 Å². The fraction of sp³-hybridized carbons (Fsp3) is 0.625. The summed E-state index contributed by atoms with van der Waals surface area (Å²) in [5.41, 5.74) is 8.42. The van der Waals surface area contributed by atoms with Crippen LogP contribution in [0.2, 0.25) is 0 Å². The van der Waals surface area contributed by atoms with Gasteiger partial charge < -0.3 is 10.6 Å². The van der Waals surface area contributed by atoms with Crippen molar-refractivity contribution >= 4 is 5.69 Å². The van der Waals surface area contributed by atoms with Gasteiger partial charge in [-0.1, -0.05) is 31.9 Å². The second kappa shape index (κ2) is 5.75. The van der Waals surface area contributed by atoms with E-state index in [1.54, 1.807) is 0 Å². The first-order valence-corrected chi connectivity index (χ1v) is 7.16. The second-order valence-corrected chi connectivity index (χ2v) is 5.92. The van der Waals surface area contributed by atoms with Crippen molar-refractivity contribution in [2.24, 2.45) is 11.7 Å². The Bertz CT molecular complexity index is 369. The summed E-state index contributed by atoms with van der Waals surface area (Å²) in [5.74, 6) is 0.870. The molecule has 1 fully saturated rings. The molecule has 0 heterocycles. The third kappa shape index (κ3) is 3.05. The van der Waals surface area contributed by atoms with E-state index in [1.807, 2.05) is 6.92 Å². The molecule has 0 aliphatic heterocycles. The molecule has 3 atom stereocenters. The van der Waals surface area contributed by atoms with Crippen LogP contribution in [0.15, 0.2) is 24.3 Å². The Morgan fingerprint density at radius 1 is 1.22 bits per heavy atom. The van der Waals surface area contributed by atoms with Gasteiger partial charge in [0, 0.05) is 24.8 Å². The first kappa shape index (κ1) is 13.4. The van der Waals surface area contributed by atoms with Gasteiger partial charge in [0.25, 0.3) is 0 Å². The van der Waals surface area contributed by atoms with Gasteiger partial charge in [-0.05, 0) is 43.4 Å². The molecule has 2 nitrogen and oxygen atoms in total. The molecule has 1 saturated carbocycles. The van der Waals surface area contributed by atoms with Gasteiger partial charge in [-0.3, -0.25) is 0 Å². The van der Waals surface area contributed by atoms with Gasteiger partial charge in [-0.2, -0.15) is 0 Å². The molecule has 0 radical (unpaired) electrons. The molecule has 0 saturated heterocycles. The molecule has 100 valence electrons. The topological polar surface area (TPSA) is 29.3 Å². The fourth-order valence-electron chi connectivity index (χ4n) is 2.98. The number of rotatable bonds is 3. The maximum atomic E-state index is 5.89. The van der Waals surface area contributed by atoms with Crippen molar-refractivity contribution in [1.82, 2.24) is 0 Å². The van der Waals surface area contributed by atoms with E-state index in [0.29, 0.717) is 6.04 Å². The molecule has 18 heavy (non-hydrogen) atoms. The minimum absolute atomic E-state index is 0.124. The van der Waals surface area contributed by atoms with Crippen LogP contribution in [0, 0.1) is 5.92 Å². The van der Waals surface area contributed by atoms with Crippen molar-refractivity contribution < 1.29 is 0 Å². The van der Waals surface area contributed by atoms with Crippen LogP contribution < -0.4 is 10.6 Å². The van der Waals surface area contributed by atoms with Gasteiger partial charge in [0.1, 0.15) is 0 Å². The highest BCUT2D eigenvalue weighted by atomic mass is 15.1. The lowest BCUT2D eigenvalue weighted by Gasteiger charge is -2.35. The zero-order chi connectivity index (χ0) is 13.1. The number of anilines is 1.